The molecule has 1 atom stereocenters. The molecule has 2 heterocycles. The van der Waals surface area contributed by atoms with Crippen LogP contribution in [0, 0.1) is 0 Å². The number of oxazole rings is 1. The van der Waals surface area contributed by atoms with Gasteiger partial charge in [0.25, 0.3) is 5.91 Å². The van der Waals surface area contributed by atoms with Crippen LogP contribution >= 0.6 is 0 Å². The average Bonchev–Trinajstić information content (AvgIpc) is 3.36. The second kappa shape index (κ2) is 11.0. The zero-order valence-electron chi connectivity index (χ0n) is 19.8. The van der Waals surface area contributed by atoms with E-state index in [0.717, 1.165) is 29.9 Å². The summed E-state index contributed by atoms with van der Waals surface area (Å²) < 4.78 is 27.7. The van der Waals surface area contributed by atoms with Gasteiger partial charge in [-0.3, -0.25) is 4.79 Å². The Morgan fingerprint density at radius 2 is 1.79 bits per heavy atom. The molecule has 2 aromatic carbocycles. The van der Waals surface area contributed by atoms with Crippen molar-refractivity contribution in [3.05, 3.63) is 65.9 Å². The number of rotatable bonds is 9. The van der Waals surface area contributed by atoms with Crippen molar-refractivity contribution in [2.75, 3.05) is 41.0 Å². The number of nitrogens with zero attached hydrogens (tertiary/aromatic N) is 2. The van der Waals surface area contributed by atoms with E-state index >= 15 is 0 Å². The van der Waals surface area contributed by atoms with Crippen LogP contribution in [-0.4, -0.2) is 56.8 Å². The maximum atomic E-state index is 12.9. The van der Waals surface area contributed by atoms with E-state index < -0.39 is 0 Å². The Morgan fingerprint density at radius 1 is 1.06 bits per heavy atom. The van der Waals surface area contributed by atoms with Gasteiger partial charge < -0.3 is 28.3 Å². The number of carbonyl (C=O) groups is 1. The Hall–Kier alpha value is -3.68. The van der Waals surface area contributed by atoms with Crippen LogP contribution in [0.2, 0.25) is 0 Å². The second-order valence-electron chi connectivity index (χ2n) is 8.15. The summed E-state index contributed by atoms with van der Waals surface area (Å²) in [4.78, 5) is 19.2. The van der Waals surface area contributed by atoms with E-state index in [9.17, 15) is 4.79 Å². The lowest BCUT2D eigenvalue weighted by Gasteiger charge is -2.31. The largest absolute Gasteiger partial charge is 0.497 e. The van der Waals surface area contributed by atoms with Crippen molar-refractivity contribution >= 4 is 5.91 Å². The highest BCUT2D eigenvalue weighted by Crippen LogP contribution is 2.37. The van der Waals surface area contributed by atoms with Crippen LogP contribution in [0.15, 0.2) is 53.1 Å². The number of hydrogen-bond donors (Lipinski definition) is 0. The highest BCUT2D eigenvalue weighted by Gasteiger charge is 2.28. The lowest BCUT2D eigenvalue weighted by atomic mass is 9.98. The Morgan fingerprint density at radius 3 is 2.47 bits per heavy atom. The van der Waals surface area contributed by atoms with Gasteiger partial charge >= 0.3 is 0 Å². The number of ether oxygens (including phenoxy) is 4. The van der Waals surface area contributed by atoms with Crippen molar-refractivity contribution in [2.45, 2.75) is 25.2 Å². The van der Waals surface area contributed by atoms with Crippen molar-refractivity contribution < 1.29 is 28.2 Å². The standard InChI is InChI=1S/C26H30N2O6/c1-30-20-11-9-18(10-12-20)14-21-15-27-26(34-21)19-6-5-13-28(16-19)24(29)17-33-25-22(31-2)7-4-8-23(25)32-3/h4,7-12,15,19H,5-6,13-14,16-17H2,1-3H3/t19-/m1/s1. The van der Waals surface area contributed by atoms with Gasteiger partial charge in [0.2, 0.25) is 5.75 Å². The summed E-state index contributed by atoms with van der Waals surface area (Å²) in [5, 5.41) is 0. The van der Waals surface area contributed by atoms with E-state index in [1.807, 2.05) is 29.2 Å². The second-order valence-corrected chi connectivity index (χ2v) is 8.15. The first-order valence-electron chi connectivity index (χ1n) is 11.3. The van der Waals surface area contributed by atoms with Crippen LogP contribution in [0.25, 0.3) is 0 Å². The summed E-state index contributed by atoms with van der Waals surface area (Å²) in [6.45, 7) is 1.13. The van der Waals surface area contributed by atoms with E-state index in [2.05, 4.69) is 4.98 Å². The third-order valence-corrected chi connectivity index (χ3v) is 5.95. The van der Waals surface area contributed by atoms with Crippen molar-refractivity contribution in [3.63, 3.8) is 0 Å². The molecule has 3 aromatic rings. The SMILES string of the molecule is COc1ccc(Cc2cnc([C@@H]3CCCN(C(=O)COc4c(OC)cccc4OC)C3)o2)cc1. The van der Waals surface area contributed by atoms with Crippen LogP contribution in [0.3, 0.4) is 0 Å². The van der Waals surface area contributed by atoms with Gasteiger partial charge in [0, 0.05) is 19.5 Å². The fraction of sp³-hybridized carbons (Fsp3) is 0.385. The summed E-state index contributed by atoms with van der Waals surface area (Å²) in [5.74, 6) is 3.72. The zero-order chi connectivity index (χ0) is 23.9. The number of carbonyl (C=O) groups excluding carboxylic acids is 1. The van der Waals surface area contributed by atoms with E-state index in [1.165, 1.54) is 0 Å². The molecule has 1 aromatic heterocycles. The topological polar surface area (TPSA) is 83.3 Å². The van der Waals surface area contributed by atoms with Crippen molar-refractivity contribution in [3.8, 4) is 23.0 Å². The Bertz CT molecular complexity index is 1070. The third kappa shape index (κ3) is 5.44. The molecule has 1 aliphatic rings. The molecule has 1 saturated heterocycles. The number of methoxy groups -OCH3 is 3. The number of amides is 1. The van der Waals surface area contributed by atoms with Gasteiger partial charge in [-0.05, 0) is 42.7 Å². The Balaban J connectivity index is 1.36. The van der Waals surface area contributed by atoms with Crippen LogP contribution in [0.1, 0.15) is 36.0 Å². The minimum Gasteiger partial charge on any atom is -0.497 e. The average molecular weight is 467 g/mol. The minimum absolute atomic E-state index is 0.0584. The molecule has 1 aliphatic heterocycles. The van der Waals surface area contributed by atoms with E-state index in [4.69, 9.17) is 23.4 Å². The summed E-state index contributed by atoms with van der Waals surface area (Å²) in [5.41, 5.74) is 1.12. The summed E-state index contributed by atoms with van der Waals surface area (Å²) in [6, 6.07) is 13.2. The normalized spacial score (nSPS) is 15.6. The summed E-state index contributed by atoms with van der Waals surface area (Å²) in [7, 11) is 4.76. The zero-order valence-corrected chi connectivity index (χ0v) is 19.8. The van der Waals surface area contributed by atoms with Gasteiger partial charge in [0.15, 0.2) is 24.0 Å². The minimum atomic E-state index is -0.0994. The molecule has 0 N–H and O–H groups in total. The van der Waals surface area contributed by atoms with Crippen molar-refractivity contribution in [1.29, 1.82) is 0 Å². The maximum Gasteiger partial charge on any atom is 0.260 e. The smallest absolute Gasteiger partial charge is 0.260 e. The number of para-hydroxylation sites is 1. The van der Waals surface area contributed by atoms with Crippen LogP contribution in [0.5, 0.6) is 23.0 Å². The molecule has 0 saturated carbocycles. The molecule has 1 amide bonds. The molecule has 8 nitrogen and oxygen atoms in total. The first kappa shape index (κ1) is 23.5. The summed E-state index contributed by atoms with van der Waals surface area (Å²) in [6.07, 6.45) is 4.23. The number of hydrogen-bond acceptors (Lipinski definition) is 7. The van der Waals surface area contributed by atoms with Crippen molar-refractivity contribution in [2.24, 2.45) is 0 Å². The molecule has 180 valence electrons. The number of likely N-dealkylation sites (tertiary alicyclic amines) is 1. The Labute approximate surface area is 199 Å². The highest BCUT2D eigenvalue weighted by atomic mass is 16.5. The maximum absolute atomic E-state index is 12.9. The Kier molecular flexibility index (Phi) is 7.57. The van der Waals surface area contributed by atoms with Crippen molar-refractivity contribution in [1.82, 2.24) is 9.88 Å². The first-order valence-corrected chi connectivity index (χ1v) is 11.3. The molecule has 0 radical (unpaired) electrons. The van der Waals surface area contributed by atoms with E-state index in [-0.39, 0.29) is 18.4 Å². The molecule has 4 rings (SSSR count). The van der Waals surface area contributed by atoms with Gasteiger partial charge in [0.1, 0.15) is 11.5 Å². The van der Waals surface area contributed by atoms with Gasteiger partial charge in [-0.2, -0.15) is 0 Å². The lowest BCUT2D eigenvalue weighted by molar-refractivity contribution is -0.134. The molecule has 8 heteroatoms. The molecule has 0 aliphatic carbocycles. The molecule has 0 unspecified atom stereocenters. The van der Waals surface area contributed by atoms with Gasteiger partial charge in [-0.15, -0.1) is 0 Å². The van der Waals surface area contributed by atoms with Crippen LogP contribution in [-0.2, 0) is 11.2 Å². The molecular weight excluding hydrogens is 436 g/mol. The predicted molar refractivity (Wildman–Crippen MR) is 126 cm³/mol. The summed E-state index contributed by atoms with van der Waals surface area (Å²) >= 11 is 0. The van der Waals surface area contributed by atoms with Crippen LogP contribution in [0.4, 0.5) is 0 Å². The number of benzene rings is 2. The van der Waals surface area contributed by atoms with Gasteiger partial charge in [0.05, 0.1) is 33.4 Å². The monoisotopic (exact) mass is 466 g/mol. The highest BCUT2D eigenvalue weighted by molar-refractivity contribution is 5.78. The van der Waals surface area contributed by atoms with E-state index in [0.29, 0.717) is 42.6 Å². The predicted octanol–water partition coefficient (Wildman–Crippen LogP) is 4.08. The number of piperidine rings is 1. The van der Waals surface area contributed by atoms with Gasteiger partial charge in [-0.1, -0.05) is 18.2 Å². The quantitative estimate of drug-likeness (QED) is 0.470. The lowest BCUT2D eigenvalue weighted by Crippen LogP contribution is -2.41. The molecule has 0 spiro atoms. The molecular formula is C26H30N2O6. The molecule has 0 bridgehead atoms. The van der Waals surface area contributed by atoms with Crippen LogP contribution < -0.4 is 18.9 Å². The molecule has 1 fully saturated rings. The fourth-order valence-electron chi connectivity index (χ4n) is 4.13. The fourth-order valence-corrected chi connectivity index (χ4v) is 4.13. The van der Waals surface area contributed by atoms with Gasteiger partial charge in [-0.25, -0.2) is 4.98 Å². The molecule has 34 heavy (non-hydrogen) atoms. The first-order chi connectivity index (χ1) is 16.6. The van der Waals surface area contributed by atoms with E-state index in [1.54, 1.807) is 45.7 Å². The number of aromatic nitrogens is 1. The third-order valence-electron chi connectivity index (χ3n) is 5.95.